The van der Waals surface area contributed by atoms with E-state index in [0.29, 0.717) is 0 Å². The largest absolute Gasteiger partial charge is 0.504 e. The van der Waals surface area contributed by atoms with Crippen LogP contribution in [0.1, 0.15) is 20.7 Å². The maximum atomic E-state index is 12.2. The number of carbonyl (C=O) groups excluding carboxylic acids is 1. The Morgan fingerprint density at radius 2 is 1.56 bits per heavy atom. The van der Waals surface area contributed by atoms with Crippen molar-refractivity contribution in [2.45, 2.75) is 30.7 Å². The van der Waals surface area contributed by atoms with E-state index < -0.39 is 66.5 Å². The van der Waals surface area contributed by atoms with E-state index >= 15 is 0 Å². The Labute approximate surface area is 191 Å². The lowest BCUT2D eigenvalue weighted by Gasteiger charge is -2.40. The fraction of sp³-hybridized carbons (Fsp3) is 0.333. The number of carbonyl (C=O) groups is 2. The van der Waals surface area contributed by atoms with Gasteiger partial charge < -0.3 is 54.7 Å². The Morgan fingerprint density at radius 3 is 2.15 bits per heavy atom. The van der Waals surface area contributed by atoms with E-state index in [4.69, 9.17) is 24.1 Å². The van der Waals surface area contributed by atoms with Crippen molar-refractivity contribution >= 4 is 11.9 Å². The van der Waals surface area contributed by atoms with Gasteiger partial charge in [-0.1, -0.05) is 0 Å². The molecule has 5 atom stereocenters. The van der Waals surface area contributed by atoms with Crippen LogP contribution in [0.25, 0.3) is 0 Å². The van der Waals surface area contributed by atoms with E-state index in [1.165, 1.54) is 25.3 Å². The average Bonchev–Trinajstić information content (AvgIpc) is 2.81. The molecule has 34 heavy (non-hydrogen) atoms. The molecule has 0 amide bonds. The highest BCUT2D eigenvalue weighted by Gasteiger charge is 2.45. The molecular formula is C21H22O13. The summed E-state index contributed by atoms with van der Waals surface area (Å²) < 4.78 is 21.0. The van der Waals surface area contributed by atoms with E-state index in [0.717, 1.165) is 12.1 Å². The predicted octanol–water partition coefficient (Wildman–Crippen LogP) is -0.446. The summed E-state index contributed by atoms with van der Waals surface area (Å²) in [5.41, 5.74) is -0.421. The van der Waals surface area contributed by atoms with Gasteiger partial charge in [0, 0.05) is 0 Å². The first kappa shape index (κ1) is 24.9. The van der Waals surface area contributed by atoms with Crippen LogP contribution in [0.3, 0.4) is 0 Å². The molecule has 0 radical (unpaired) electrons. The maximum absolute atomic E-state index is 12.2. The van der Waals surface area contributed by atoms with E-state index in [1.807, 2.05) is 0 Å². The number of hydrogen-bond acceptors (Lipinski definition) is 12. The van der Waals surface area contributed by atoms with E-state index in [1.54, 1.807) is 0 Å². The molecule has 1 fully saturated rings. The van der Waals surface area contributed by atoms with Crippen molar-refractivity contribution < 1.29 is 64.3 Å². The van der Waals surface area contributed by atoms with Gasteiger partial charge >= 0.3 is 11.9 Å². The summed E-state index contributed by atoms with van der Waals surface area (Å²) in [5, 5.41) is 68.1. The first-order valence-corrected chi connectivity index (χ1v) is 9.73. The minimum absolute atomic E-state index is 0.00812. The summed E-state index contributed by atoms with van der Waals surface area (Å²) in [6.45, 7) is -0.638. The molecule has 1 aliphatic heterocycles. The number of hydrogen-bond donors (Lipinski definition) is 7. The minimum atomic E-state index is -1.77. The zero-order chi connectivity index (χ0) is 25.2. The van der Waals surface area contributed by atoms with Gasteiger partial charge in [0.05, 0.1) is 18.2 Å². The molecular weight excluding hydrogens is 460 g/mol. The summed E-state index contributed by atoms with van der Waals surface area (Å²) in [5.74, 6) is -4.69. The SMILES string of the molecule is COc1cc(C(=O)O)ccc1O[C@@H]1O[C@H](COC(=O)c2cc(O)c(O)c(O)c2)[C@@H](O)[C@H](O)[C@H]1O. The topological polar surface area (TPSA) is 213 Å². The number of rotatable bonds is 7. The van der Waals surface area contributed by atoms with Gasteiger partial charge in [0.15, 0.2) is 28.7 Å². The summed E-state index contributed by atoms with van der Waals surface area (Å²) >= 11 is 0. The van der Waals surface area contributed by atoms with Crippen LogP contribution in [0.5, 0.6) is 28.7 Å². The van der Waals surface area contributed by atoms with Gasteiger partial charge in [-0.2, -0.15) is 0 Å². The van der Waals surface area contributed by atoms with E-state index in [2.05, 4.69) is 0 Å². The molecule has 2 aromatic carbocycles. The number of aromatic carboxylic acids is 1. The van der Waals surface area contributed by atoms with Crippen LogP contribution in [-0.2, 0) is 9.47 Å². The Morgan fingerprint density at radius 1 is 0.912 bits per heavy atom. The molecule has 0 aromatic heterocycles. The molecule has 13 nitrogen and oxygen atoms in total. The van der Waals surface area contributed by atoms with Crippen LogP contribution in [0.2, 0.25) is 0 Å². The first-order valence-electron chi connectivity index (χ1n) is 9.73. The molecule has 2 aromatic rings. The molecule has 3 rings (SSSR count). The predicted molar refractivity (Wildman–Crippen MR) is 109 cm³/mol. The standard InChI is InChI=1S/C21H22O13/c1-31-13-6-8(19(28)29)2-3-12(13)33-21-18(27)17(26)16(25)14(34-21)7-32-20(30)9-4-10(22)15(24)11(23)5-9/h2-6,14,16-18,21-27H,7H2,1H3,(H,28,29)/t14-,16-,17+,18-,21-/m1/s1. The summed E-state index contributed by atoms with van der Waals surface area (Å²) in [6.07, 6.45) is -8.16. The second-order valence-electron chi connectivity index (χ2n) is 7.26. The smallest absolute Gasteiger partial charge is 0.338 e. The average molecular weight is 482 g/mol. The number of phenolic OH excluding ortho intramolecular Hbond substituents is 3. The fourth-order valence-corrected chi connectivity index (χ4v) is 3.14. The molecule has 1 saturated heterocycles. The number of ether oxygens (including phenoxy) is 4. The zero-order valence-electron chi connectivity index (χ0n) is 17.6. The zero-order valence-corrected chi connectivity index (χ0v) is 17.6. The number of esters is 1. The number of benzene rings is 2. The Hall–Kier alpha value is -3.78. The van der Waals surface area contributed by atoms with Crippen LogP contribution in [0.4, 0.5) is 0 Å². The highest BCUT2D eigenvalue weighted by atomic mass is 16.7. The van der Waals surface area contributed by atoms with Crippen molar-refractivity contribution in [3.05, 3.63) is 41.5 Å². The highest BCUT2D eigenvalue weighted by Crippen LogP contribution is 2.36. The summed E-state index contributed by atoms with van der Waals surface area (Å²) in [7, 11) is 1.26. The van der Waals surface area contributed by atoms with Gasteiger partial charge in [-0.05, 0) is 30.3 Å². The second-order valence-corrected chi connectivity index (χ2v) is 7.26. The molecule has 0 bridgehead atoms. The van der Waals surface area contributed by atoms with Crippen LogP contribution in [0, 0.1) is 0 Å². The van der Waals surface area contributed by atoms with Crippen molar-refractivity contribution in [2.75, 3.05) is 13.7 Å². The molecule has 1 aliphatic rings. The number of aromatic hydroxyl groups is 3. The summed E-state index contributed by atoms with van der Waals surface area (Å²) in [4.78, 5) is 23.4. The van der Waals surface area contributed by atoms with Gasteiger partial charge in [-0.3, -0.25) is 0 Å². The third-order valence-electron chi connectivity index (χ3n) is 5.01. The number of aliphatic hydroxyl groups excluding tert-OH is 3. The number of carboxylic acids is 1. The Balaban J connectivity index is 1.72. The van der Waals surface area contributed by atoms with Crippen molar-refractivity contribution in [3.63, 3.8) is 0 Å². The van der Waals surface area contributed by atoms with Gasteiger partial charge in [0.1, 0.15) is 31.0 Å². The lowest BCUT2D eigenvalue weighted by molar-refractivity contribution is -0.277. The molecule has 0 aliphatic carbocycles. The van der Waals surface area contributed by atoms with Crippen LogP contribution < -0.4 is 9.47 Å². The van der Waals surface area contributed by atoms with Crippen LogP contribution in [0.15, 0.2) is 30.3 Å². The van der Waals surface area contributed by atoms with Crippen molar-refractivity contribution in [3.8, 4) is 28.7 Å². The lowest BCUT2D eigenvalue weighted by atomic mass is 9.99. The fourth-order valence-electron chi connectivity index (χ4n) is 3.14. The number of aliphatic hydroxyl groups is 3. The highest BCUT2D eigenvalue weighted by molar-refractivity contribution is 5.91. The van der Waals surface area contributed by atoms with Crippen molar-refractivity contribution in [2.24, 2.45) is 0 Å². The minimum Gasteiger partial charge on any atom is -0.504 e. The molecule has 0 spiro atoms. The van der Waals surface area contributed by atoms with Crippen LogP contribution in [-0.4, -0.2) is 92.1 Å². The van der Waals surface area contributed by atoms with Crippen LogP contribution >= 0.6 is 0 Å². The molecule has 13 heteroatoms. The van der Waals surface area contributed by atoms with Crippen molar-refractivity contribution in [1.82, 2.24) is 0 Å². The van der Waals surface area contributed by atoms with E-state index in [-0.39, 0.29) is 22.6 Å². The third kappa shape index (κ3) is 5.07. The normalized spacial score (nSPS) is 24.3. The molecule has 0 saturated carbocycles. The summed E-state index contributed by atoms with van der Waals surface area (Å²) in [6, 6.07) is 5.30. The Kier molecular flexibility index (Phi) is 7.32. The number of phenols is 3. The lowest BCUT2D eigenvalue weighted by Crippen LogP contribution is -2.60. The van der Waals surface area contributed by atoms with Gasteiger partial charge in [-0.25, -0.2) is 9.59 Å². The van der Waals surface area contributed by atoms with Gasteiger partial charge in [0.2, 0.25) is 6.29 Å². The van der Waals surface area contributed by atoms with Gasteiger partial charge in [0.25, 0.3) is 0 Å². The third-order valence-corrected chi connectivity index (χ3v) is 5.01. The Bertz CT molecular complexity index is 1050. The molecule has 0 unspecified atom stereocenters. The van der Waals surface area contributed by atoms with E-state index in [9.17, 15) is 40.2 Å². The molecule has 1 heterocycles. The second kappa shape index (κ2) is 10.0. The molecule has 184 valence electrons. The molecule has 7 N–H and O–H groups in total. The monoisotopic (exact) mass is 482 g/mol. The maximum Gasteiger partial charge on any atom is 0.338 e. The first-order chi connectivity index (χ1) is 16.0. The quantitative estimate of drug-likeness (QED) is 0.197. The van der Waals surface area contributed by atoms with Crippen molar-refractivity contribution in [1.29, 1.82) is 0 Å². The van der Waals surface area contributed by atoms with Gasteiger partial charge in [-0.15, -0.1) is 0 Å². The number of methoxy groups -OCH3 is 1. The number of carboxylic acid groups (broad SMARTS) is 1.